The number of rotatable bonds is 5. The number of aryl methyl sites for hydroxylation is 3. The van der Waals surface area contributed by atoms with Crippen molar-refractivity contribution in [2.24, 2.45) is 11.8 Å². The van der Waals surface area contributed by atoms with Crippen molar-refractivity contribution in [1.29, 1.82) is 0 Å². The zero-order valence-electron chi connectivity index (χ0n) is 14.8. The molecule has 0 bridgehead atoms. The molecule has 1 aliphatic rings. The number of hydrogen-bond donors (Lipinski definition) is 0. The highest BCUT2D eigenvalue weighted by atomic mass is 16.5. The summed E-state index contributed by atoms with van der Waals surface area (Å²) in [4.78, 5) is 24.9. The number of carbonyl (C=O) groups excluding carboxylic acids is 2. The monoisotopic (exact) mass is 316 g/mol. The third-order valence-electron chi connectivity index (χ3n) is 5.13. The fourth-order valence-corrected chi connectivity index (χ4v) is 3.91. The number of benzene rings is 1. The molecule has 1 aliphatic carbocycles. The van der Waals surface area contributed by atoms with Crippen LogP contribution in [0.5, 0.6) is 0 Å². The maximum absolute atomic E-state index is 12.9. The topological polar surface area (TPSA) is 43.4 Å². The number of ether oxygens (including phenoxy) is 1. The van der Waals surface area contributed by atoms with Crippen LogP contribution in [0.15, 0.2) is 12.1 Å². The number of hydrogen-bond acceptors (Lipinski definition) is 3. The summed E-state index contributed by atoms with van der Waals surface area (Å²) in [6.07, 6.45) is 4.98. The zero-order chi connectivity index (χ0) is 17.0. The molecule has 0 aromatic heterocycles. The van der Waals surface area contributed by atoms with E-state index < -0.39 is 0 Å². The van der Waals surface area contributed by atoms with Gasteiger partial charge < -0.3 is 4.74 Å². The minimum Gasteiger partial charge on any atom is -0.469 e. The second-order valence-electron chi connectivity index (χ2n) is 6.74. The Morgan fingerprint density at radius 2 is 1.78 bits per heavy atom. The SMILES string of the molecule is CCc1cc(C)cc(C)c1CC(=O)[C@@H]1CCCC[C@H]1C(=O)OC. The van der Waals surface area contributed by atoms with E-state index >= 15 is 0 Å². The van der Waals surface area contributed by atoms with Crippen LogP contribution in [-0.4, -0.2) is 18.9 Å². The van der Waals surface area contributed by atoms with Crippen molar-refractivity contribution >= 4 is 11.8 Å². The lowest BCUT2D eigenvalue weighted by Crippen LogP contribution is -2.34. The first kappa shape index (κ1) is 17.7. The Hall–Kier alpha value is -1.64. The molecule has 0 N–H and O–H groups in total. The fraction of sp³-hybridized carbons (Fsp3) is 0.600. The van der Waals surface area contributed by atoms with E-state index in [1.54, 1.807) is 0 Å². The van der Waals surface area contributed by atoms with E-state index in [0.717, 1.165) is 37.7 Å². The van der Waals surface area contributed by atoms with Crippen LogP contribution in [0, 0.1) is 25.7 Å². The fourth-order valence-electron chi connectivity index (χ4n) is 3.91. The van der Waals surface area contributed by atoms with E-state index in [9.17, 15) is 9.59 Å². The summed E-state index contributed by atoms with van der Waals surface area (Å²) in [5.41, 5.74) is 4.82. The van der Waals surface area contributed by atoms with Crippen LogP contribution >= 0.6 is 0 Å². The van der Waals surface area contributed by atoms with Crippen molar-refractivity contribution in [2.75, 3.05) is 7.11 Å². The van der Waals surface area contributed by atoms with Gasteiger partial charge in [-0.1, -0.05) is 37.5 Å². The molecule has 0 radical (unpaired) electrons. The molecule has 0 amide bonds. The van der Waals surface area contributed by atoms with Crippen LogP contribution < -0.4 is 0 Å². The second-order valence-corrected chi connectivity index (χ2v) is 6.74. The number of carbonyl (C=O) groups is 2. The molecule has 2 atom stereocenters. The van der Waals surface area contributed by atoms with Crippen LogP contribution in [0.25, 0.3) is 0 Å². The van der Waals surface area contributed by atoms with E-state index in [1.165, 1.54) is 23.8 Å². The van der Waals surface area contributed by atoms with Gasteiger partial charge in [-0.25, -0.2) is 0 Å². The Labute approximate surface area is 139 Å². The van der Waals surface area contributed by atoms with Crippen molar-refractivity contribution in [3.05, 3.63) is 34.4 Å². The zero-order valence-corrected chi connectivity index (χ0v) is 14.8. The van der Waals surface area contributed by atoms with Gasteiger partial charge in [0.05, 0.1) is 13.0 Å². The number of esters is 1. The van der Waals surface area contributed by atoms with Gasteiger partial charge in [-0.3, -0.25) is 9.59 Å². The van der Waals surface area contributed by atoms with Crippen LogP contribution in [0.1, 0.15) is 54.9 Å². The maximum atomic E-state index is 12.9. The van der Waals surface area contributed by atoms with Crippen LogP contribution in [0.2, 0.25) is 0 Å². The quantitative estimate of drug-likeness (QED) is 0.772. The highest BCUT2D eigenvalue weighted by molar-refractivity contribution is 5.88. The van der Waals surface area contributed by atoms with Gasteiger partial charge in [0.15, 0.2) is 0 Å². The Kier molecular flexibility index (Phi) is 5.97. The lowest BCUT2D eigenvalue weighted by atomic mass is 9.75. The first-order valence-electron chi connectivity index (χ1n) is 8.67. The van der Waals surface area contributed by atoms with E-state index in [1.807, 2.05) is 0 Å². The Morgan fingerprint density at radius 3 is 2.39 bits per heavy atom. The smallest absolute Gasteiger partial charge is 0.309 e. The molecule has 1 fully saturated rings. The van der Waals surface area contributed by atoms with Crippen molar-refractivity contribution in [2.45, 2.75) is 59.3 Å². The van der Waals surface area contributed by atoms with Gasteiger partial charge in [-0.2, -0.15) is 0 Å². The lowest BCUT2D eigenvalue weighted by molar-refractivity contribution is -0.151. The highest BCUT2D eigenvalue weighted by Gasteiger charge is 2.36. The average molecular weight is 316 g/mol. The lowest BCUT2D eigenvalue weighted by Gasteiger charge is -2.29. The van der Waals surface area contributed by atoms with E-state index in [2.05, 4.69) is 32.9 Å². The number of methoxy groups -OCH3 is 1. The standard InChI is InChI=1S/C20H28O3/c1-5-15-11-13(2)10-14(3)18(15)12-19(21)16-8-6-7-9-17(16)20(22)23-4/h10-11,16-17H,5-9,12H2,1-4H3/t16-,17-/m1/s1. The molecule has 0 spiro atoms. The third kappa shape index (κ3) is 4.01. The Balaban J connectivity index is 2.22. The summed E-state index contributed by atoms with van der Waals surface area (Å²) < 4.78 is 4.91. The Morgan fingerprint density at radius 1 is 1.13 bits per heavy atom. The molecule has 0 aliphatic heterocycles. The molecular formula is C20H28O3. The summed E-state index contributed by atoms with van der Waals surface area (Å²) in [5.74, 6) is -0.458. The van der Waals surface area contributed by atoms with Gasteiger partial charge in [0.25, 0.3) is 0 Å². The first-order chi connectivity index (χ1) is 11.0. The molecule has 126 valence electrons. The second kappa shape index (κ2) is 7.76. The first-order valence-corrected chi connectivity index (χ1v) is 8.67. The Bertz CT molecular complexity index is 589. The largest absolute Gasteiger partial charge is 0.469 e. The summed E-state index contributed by atoms with van der Waals surface area (Å²) >= 11 is 0. The van der Waals surface area contributed by atoms with E-state index in [0.29, 0.717) is 6.42 Å². The van der Waals surface area contributed by atoms with Gasteiger partial charge in [0.2, 0.25) is 0 Å². The summed E-state index contributed by atoms with van der Waals surface area (Å²) in [6.45, 7) is 6.29. The van der Waals surface area contributed by atoms with Crippen molar-refractivity contribution < 1.29 is 14.3 Å². The summed E-state index contributed by atoms with van der Waals surface area (Å²) in [6, 6.07) is 4.31. The number of ketones is 1. The molecule has 3 heteroatoms. The van der Waals surface area contributed by atoms with Gasteiger partial charge in [-0.05, 0) is 49.8 Å². The van der Waals surface area contributed by atoms with E-state index in [-0.39, 0.29) is 23.6 Å². The predicted octanol–water partition coefficient (Wildman–Crippen LogP) is 3.96. The molecule has 3 nitrogen and oxygen atoms in total. The van der Waals surface area contributed by atoms with Gasteiger partial charge >= 0.3 is 5.97 Å². The van der Waals surface area contributed by atoms with Crippen molar-refractivity contribution in [3.63, 3.8) is 0 Å². The van der Waals surface area contributed by atoms with Crippen molar-refractivity contribution in [3.8, 4) is 0 Å². The number of Topliss-reactive ketones (excluding diaryl/α,β-unsaturated/α-hetero) is 1. The molecule has 0 unspecified atom stereocenters. The van der Waals surface area contributed by atoms with Gasteiger partial charge in [-0.15, -0.1) is 0 Å². The normalized spacial score (nSPS) is 21.0. The minimum atomic E-state index is -0.253. The molecule has 0 saturated heterocycles. The predicted molar refractivity (Wildman–Crippen MR) is 91.5 cm³/mol. The van der Waals surface area contributed by atoms with Gasteiger partial charge in [0, 0.05) is 12.3 Å². The minimum absolute atomic E-state index is 0.179. The molecule has 2 rings (SSSR count). The van der Waals surface area contributed by atoms with Crippen LogP contribution in [-0.2, 0) is 27.2 Å². The third-order valence-corrected chi connectivity index (χ3v) is 5.13. The molecule has 1 aromatic rings. The molecular weight excluding hydrogens is 288 g/mol. The van der Waals surface area contributed by atoms with Crippen molar-refractivity contribution in [1.82, 2.24) is 0 Å². The van der Waals surface area contributed by atoms with Crippen LogP contribution in [0.4, 0.5) is 0 Å². The van der Waals surface area contributed by atoms with Gasteiger partial charge in [0.1, 0.15) is 5.78 Å². The molecule has 1 aromatic carbocycles. The average Bonchev–Trinajstić information content (AvgIpc) is 2.56. The van der Waals surface area contributed by atoms with E-state index in [4.69, 9.17) is 4.74 Å². The molecule has 23 heavy (non-hydrogen) atoms. The maximum Gasteiger partial charge on any atom is 0.309 e. The highest BCUT2D eigenvalue weighted by Crippen LogP contribution is 2.33. The molecule has 0 heterocycles. The summed E-state index contributed by atoms with van der Waals surface area (Å²) in [7, 11) is 1.41. The van der Waals surface area contributed by atoms with Crippen LogP contribution in [0.3, 0.4) is 0 Å². The summed E-state index contributed by atoms with van der Waals surface area (Å²) in [5, 5.41) is 0. The molecule has 1 saturated carbocycles.